The molecular weight excluding hydrogens is 727 g/mol. The largest absolute Gasteiger partial charge is 0.394 e. The summed E-state index contributed by atoms with van der Waals surface area (Å²) in [4.78, 5) is 25.8. The number of rotatable bonds is 32. The number of aliphatic hydroxyl groups is 5. The van der Waals surface area contributed by atoms with Crippen molar-refractivity contribution >= 4 is 11.7 Å². The highest BCUT2D eigenvalue weighted by molar-refractivity contribution is 6.09. The lowest BCUT2D eigenvalue weighted by Gasteiger charge is -2.40. The van der Waals surface area contributed by atoms with E-state index in [0.717, 1.165) is 50.5 Å². The van der Waals surface area contributed by atoms with Gasteiger partial charge in [-0.1, -0.05) is 158 Å². The van der Waals surface area contributed by atoms with Crippen LogP contribution in [0.1, 0.15) is 157 Å². The number of hydrogen-bond acceptors (Lipinski definition) is 10. The molecule has 1 saturated heterocycles. The highest BCUT2D eigenvalue weighted by atomic mass is 16.7. The first kappa shape index (κ1) is 48.6. The topological polar surface area (TPSA) is 175 Å². The van der Waals surface area contributed by atoms with Gasteiger partial charge in [-0.05, 0) is 30.9 Å². The number of benzene rings is 2. The third-order valence-corrected chi connectivity index (χ3v) is 10.9. The molecule has 1 fully saturated rings. The Balaban J connectivity index is 1.33. The second-order valence-electron chi connectivity index (χ2n) is 15.8. The van der Waals surface area contributed by atoms with E-state index in [-0.39, 0.29) is 24.7 Å². The molecule has 0 radical (unpaired) electrons. The molecule has 0 bridgehead atoms. The Hall–Kier alpha value is -2.74. The number of carbonyl (C=O) groups is 2. The van der Waals surface area contributed by atoms with Crippen molar-refractivity contribution in [1.29, 1.82) is 0 Å². The predicted molar refractivity (Wildman–Crippen MR) is 222 cm³/mol. The lowest BCUT2D eigenvalue weighted by Crippen LogP contribution is -2.60. The average molecular weight is 800 g/mol. The summed E-state index contributed by atoms with van der Waals surface area (Å²) in [5.74, 6) is -0.220. The van der Waals surface area contributed by atoms with E-state index in [1.807, 2.05) is 54.6 Å². The van der Waals surface area contributed by atoms with Crippen LogP contribution < -0.4 is 5.32 Å². The number of ether oxygens (including phenoxy) is 3. The summed E-state index contributed by atoms with van der Waals surface area (Å²) in [7, 11) is 0. The Morgan fingerprint density at radius 3 is 1.96 bits per heavy atom. The van der Waals surface area contributed by atoms with Crippen LogP contribution in [-0.4, -0.2) is 99.9 Å². The van der Waals surface area contributed by atoms with Crippen LogP contribution in [0.2, 0.25) is 0 Å². The summed E-state index contributed by atoms with van der Waals surface area (Å²) in [6, 6.07) is 16.0. The smallest absolute Gasteiger partial charge is 0.220 e. The average Bonchev–Trinajstić information content (AvgIpc) is 3.23. The van der Waals surface area contributed by atoms with Crippen LogP contribution in [0.25, 0.3) is 0 Å². The minimum absolute atomic E-state index is 0.00994. The summed E-state index contributed by atoms with van der Waals surface area (Å²) >= 11 is 0. The molecule has 1 aliphatic rings. The predicted octanol–water partition coefficient (Wildman–Crippen LogP) is 6.92. The summed E-state index contributed by atoms with van der Waals surface area (Å²) in [5, 5.41) is 54.3. The minimum Gasteiger partial charge on any atom is -0.394 e. The fourth-order valence-electron chi connectivity index (χ4n) is 7.27. The van der Waals surface area contributed by atoms with Crippen molar-refractivity contribution in [3.8, 4) is 0 Å². The molecule has 0 aliphatic carbocycles. The molecule has 2 aromatic rings. The van der Waals surface area contributed by atoms with E-state index in [1.54, 1.807) is 0 Å². The van der Waals surface area contributed by atoms with Crippen LogP contribution in [0.15, 0.2) is 54.6 Å². The highest BCUT2D eigenvalue weighted by Crippen LogP contribution is 2.23. The zero-order chi connectivity index (χ0) is 41.1. The molecule has 2 aromatic carbocycles. The third kappa shape index (κ3) is 19.3. The second kappa shape index (κ2) is 29.5. The van der Waals surface area contributed by atoms with E-state index in [0.29, 0.717) is 37.2 Å². The fourth-order valence-corrected chi connectivity index (χ4v) is 7.27. The number of unbranched alkanes of at least 4 members (excludes halogenated alkanes) is 16. The maximum atomic E-state index is 13.0. The summed E-state index contributed by atoms with van der Waals surface area (Å²) in [5.41, 5.74) is 2.25. The van der Waals surface area contributed by atoms with Crippen molar-refractivity contribution in [2.75, 3.05) is 19.8 Å². The SMILES string of the molecule is CCCCCCCCCCCCCCC[C@@H](O)[C@H](COC1OC(CO)C(O)C(O)C1O)NC(=O)CCCCCCCOCc1cccc(C(=O)c2ccccc2)c1. The molecule has 3 rings (SSSR count). The van der Waals surface area contributed by atoms with Gasteiger partial charge in [0.1, 0.15) is 24.4 Å². The molecule has 11 nitrogen and oxygen atoms in total. The number of hydrogen-bond donors (Lipinski definition) is 6. The van der Waals surface area contributed by atoms with Crippen LogP contribution in [0.4, 0.5) is 0 Å². The molecule has 0 aromatic heterocycles. The van der Waals surface area contributed by atoms with Crippen molar-refractivity contribution in [3.63, 3.8) is 0 Å². The van der Waals surface area contributed by atoms with E-state index in [4.69, 9.17) is 14.2 Å². The Labute approximate surface area is 341 Å². The van der Waals surface area contributed by atoms with Crippen LogP contribution in [0.5, 0.6) is 0 Å². The fraction of sp³-hybridized carbons (Fsp3) is 0.696. The molecule has 1 amide bonds. The van der Waals surface area contributed by atoms with E-state index in [1.165, 1.54) is 64.2 Å². The molecule has 6 N–H and O–H groups in total. The van der Waals surface area contributed by atoms with Gasteiger partial charge in [0.25, 0.3) is 0 Å². The number of aliphatic hydroxyl groups excluding tert-OH is 5. The molecule has 11 heteroatoms. The van der Waals surface area contributed by atoms with E-state index >= 15 is 0 Å². The molecule has 0 spiro atoms. The van der Waals surface area contributed by atoms with Crippen LogP contribution in [0.3, 0.4) is 0 Å². The van der Waals surface area contributed by atoms with Gasteiger partial charge in [0.05, 0.1) is 32.0 Å². The lowest BCUT2D eigenvalue weighted by molar-refractivity contribution is -0.302. The molecule has 1 aliphatic heterocycles. The van der Waals surface area contributed by atoms with Crippen molar-refractivity contribution in [2.45, 2.75) is 185 Å². The number of carbonyl (C=O) groups excluding carboxylic acids is 2. The van der Waals surface area contributed by atoms with Gasteiger partial charge in [-0.3, -0.25) is 9.59 Å². The van der Waals surface area contributed by atoms with Crippen molar-refractivity contribution in [1.82, 2.24) is 5.32 Å². The normalized spacial score (nSPS) is 20.6. The first-order chi connectivity index (χ1) is 27.7. The van der Waals surface area contributed by atoms with E-state index in [9.17, 15) is 35.1 Å². The van der Waals surface area contributed by atoms with Crippen molar-refractivity contribution < 1.29 is 49.3 Å². The standard InChI is InChI=1S/C46H73NO10/c1-2-3-4-5-6-7-8-9-10-11-12-14-20-28-39(49)38(34-56-46-45(54)44(53)43(52)40(32-48)57-46)47-41(50)29-21-15-13-16-22-30-55-33-35-24-23-27-37(31-35)42(51)36-25-18-17-19-26-36/h17-19,23-27,31,38-40,43-46,48-49,52-54H,2-16,20-22,28-30,32-34H2,1H3,(H,47,50)/t38-,39+,40?,43?,44?,45?,46?/m0/s1. The number of nitrogens with one attached hydrogen (secondary N) is 1. The molecule has 57 heavy (non-hydrogen) atoms. The van der Waals surface area contributed by atoms with Gasteiger partial charge in [-0.2, -0.15) is 0 Å². The molecule has 322 valence electrons. The number of ketones is 1. The summed E-state index contributed by atoms with van der Waals surface area (Å²) in [6.45, 7) is 2.52. The summed E-state index contributed by atoms with van der Waals surface area (Å²) in [6.07, 6.45) is 12.9. The Bertz CT molecular complexity index is 1340. The molecule has 0 saturated carbocycles. The quantitative estimate of drug-likeness (QED) is 0.0337. The second-order valence-corrected chi connectivity index (χ2v) is 15.8. The summed E-state index contributed by atoms with van der Waals surface area (Å²) < 4.78 is 17.1. The Kier molecular flexibility index (Phi) is 25.1. The maximum absolute atomic E-state index is 13.0. The maximum Gasteiger partial charge on any atom is 0.220 e. The van der Waals surface area contributed by atoms with Crippen LogP contribution >= 0.6 is 0 Å². The van der Waals surface area contributed by atoms with E-state index < -0.39 is 49.5 Å². The van der Waals surface area contributed by atoms with Gasteiger partial charge in [0.2, 0.25) is 5.91 Å². The Morgan fingerprint density at radius 2 is 1.32 bits per heavy atom. The first-order valence-electron chi connectivity index (χ1n) is 21.9. The van der Waals surface area contributed by atoms with Gasteiger partial charge in [0, 0.05) is 24.2 Å². The van der Waals surface area contributed by atoms with Crippen LogP contribution in [-0.2, 0) is 25.6 Å². The van der Waals surface area contributed by atoms with Crippen molar-refractivity contribution in [3.05, 3.63) is 71.3 Å². The number of amides is 1. The molecule has 7 atom stereocenters. The van der Waals surface area contributed by atoms with Gasteiger partial charge < -0.3 is 45.1 Å². The minimum atomic E-state index is -1.58. The third-order valence-electron chi connectivity index (χ3n) is 10.9. The molecule has 5 unspecified atom stereocenters. The van der Waals surface area contributed by atoms with Gasteiger partial charge in [-0.15, -0.1) is 0 Å². The monoisotopic (exact) mass is 800 g/mol. The van der Waals surface area contributed by atoms with Gasteiger partial charge >= 0.3 is 0 Å². The zero-order valence-electron chi connectivity index (χ0n) is 34.5. The molecular formula is C46H73NO10. The highest BCUT2D eigenvalue weighted by Gasteiger charge is 2.44. The van der Waals surface area contributed by atoms with E-state index in [2.05, 4.69) is 12.2 Å². The van der Waals surface area contributed by atoms with Gasteiger partial charge in [0.15, 0.2) is 12.1 Å². The Morgan fingerprint density at radius 1 is 0.719 bits per heavy atom. The molecule has 1 heterocycles. The van der Waals surface area contributed by atoms with Gasteiger partial charge in [-0.25, -0.2) is 0 Å². The first-order valence-corrected chi connectivity index (χ1v) is 21.9. The lowest BCUT2D eigenvalue weighted by atomic mass is 9.99. The van der Waals surface area contributed by atoms with Crippen LogP contribution in [0, 0.1) is 0 Å². The zero-order valence-corrected chi connectivity index (χ0v) is 34.5. The van der Waals surface area contributed by atoms with Crippen molar-refractivity contribution in [2.24, 2.45) is 0 Å².